The smallest absolute Gasteiger partial charge is 0.326 e. The minimum Gasteiger partial charge on any atom is -0.480 e. The van der Waals surface area contributed by atoms with E-state index >= 15 is 0 Å². The average Bonchev–Trinajstić information content (AvgIpc) is 2.70. The van der Waals surface area contributed by atoms with E-state index in [0.29, 0.717) is 5.56 Å². The van der Waals surface area contributed by atoms with Crippen molar-refractivity contribution in [1.82, 2.24) is 15.1 Å². The molecule has 1 unspecified atom stereocenters. The molecule has 0 spiro atoms. The molecule has 0 aliphatic carbocycles. The van der Waals surface area contributed by atoms with Crippen LogP contribution in [-0.4, -0.2) is 32.8 Å². The number of carboxylic acids is 1. The minimum absolute atomic E-state index is 0.262. The standard InChI is InChI=1S/C11H15N3O3/c1-3-4-5-9(11(16)17)13-10(15)8-6-12-14(2)7-8/h3-4,6-7,9H,5H2,1-2H3,(H,13,15)(H,16,17)/b4-3+. The van der Waals surface area contributed by atoms with E-state index in [4.69, 9.17) is 5.11 Å². The number of hydrogen-bond donors (Lipinski definition) is 2. The Balaban J connectivity index is 2.67. The van der Waals surface area contributed by atoms with E-state index in [0.717, 1.165) is 0 Å². The molecule has 0 radical (unpaired) electrons. The number of aromatic nitrogens is 2. The summed E-state index contributed by atoms with van der Waals surface area (Å²) in [7, 11) is 1.69. The quantitative estimate of drug-likeness (QED) is 0.733. The molecule has 6 heteroatoms. The third-order valence-corrected chi connectivity index (χ3v) is 2.18. The van der Waals surface area contributed by atoms with Gasteiger partial charge in [-0.15, -0.1) is 0 Å². The van der Waals surface area contributed by atoms with Gasteiger partial charge < -0.3 is 10.4 Å². The molecule has 6 nitrogen and oxygen atoms in total. The van der Waals surface area contributed by atoms with Crippen molar-refractivity contribution >= 4 is 11.9 Å². The van der Waals surface area contributed by atoms with Crippen LogP contribution in [0.15, 0.2) is 24.5 Å². The minimum atomic E-state index is -1.06. The van der Waals surface area contributed by atoms with Crippen LogP contribution in [0.1, 0.15) is 23.7 Å². The molecule has 92 valence electrons. The van der Waals surface area contributed by atoms with Crippen molar-refractivity contribution in [2.24, 2.45) is 7.05 Å². The lowest BCUT2D eigenvalue weighted by Gasteiger charge is -2.11. The zero-order chi connectivity index (χ0) is 12.8. The molecule has 0 saturated heterocycles. The lowest BCUT2D eigenvalue weighted by atomic mass is 10.2. The van der Waals surface area contributed by atoms with E-state index in [-0.39, 0.29) is 6.42 Å². The highest BCUT2D eigenvalue weighted by Crippen LogP contribution is 2.00. The first-order chi connectivity index (χ1) is 8.04. The maximum Gasteiger partial charge on any atom is 0.326 e. The third-order valence-electron chi connectivity index (χ3n) is 2.18. The van der Waals surface area contributed by atoms with Crippen molar-refractivity contribution in [2.75, 3.05) is 0 Å². The zero-order valence-electron chi connectivity index (χ0n) is 9.75. The van der Waals surface area contributed by atoms with Gasteiger partial charge in [-0.1, -0.05) is 12.2 Å². The zero-order valence-corrected chi connectivity index (χ0v) is 9.75. The topological polar surface area (TPSA) is 84.2 Å². The molecular weight excluding hydrogens is 222 g/mol. The molecule has 17 heavy (non-hydrogen) atoms. The summed E-state index contributed by atoms with van der Waals surface area (Å²) in [6, 6.07) is -0.918. The van der Waals surface area contributed by atoms with Crippen LogP contribution in [0.25, 0.3) is 0 Å². The molecule has 1 aromatic rings. The molecule has 0 aromatic carbocycles. The molecule has 1 aromatic heterocycles. The summed E-state index contributed by atoms with van der Waals surface area (Å²) in [6.07, 6.45) is 6.63. The number of nitrogens with one attached hydrogen (secondary N) is 1. The van der Waals surface area contributed by atoms with Crippen molar-refractivity contribution < 1.29 is 14.7 Å². The predicted molar refractivity (Wildman–Crippen MR) is 61.5 cm³/mol. The monoisotopic (exact) mass is 237 g/mol. The van der Waals surface area contributed by atoms with Crippen LogP contribution in [0.2, 0.25) is 0 Å². The Morgan fingerprint density at radius 2 is 2.35 bits per heavy atom. The lowest BCUT2D eigenvalue weighted by Crippen LogP contribution is -2.40. The highest BCUT2D eigenvalue weighted by atomic mass is 16.4. The van der Waals surface area contributed by atoms with Gasteiger partial charge in [0, 0.05) is 13.2 Å². The average molecular weight is 237 g/mol. The summed E-state index contributed by atoms with van der Waals surface area (Å²) in [5.41, 5.74) is 0.347. The number of aliphatic carboxylic acids is 1. The number of allylic oxidation sites excluding steroid dienone is 1. The molecule has 0 bridgehead atoms. The maximum atomic E-state index is 11.7. The van der Waals surface area contributed by atoms with Crippen molar-refractivity contribution in [3.63, 3.8) is 0 Å². The maximum absolute atomic E-state index is 11.7. The molecule has 0 saturated carbocycles. The van der Waals surface area contributed by atoms with Gasteiger partial charge in [-0.2, -0.15) is 5.10 Å². The van der Waals surface area contributed by atoms with Crippen LogP contribution in [0, 0.1) is 0 Å². The van der Waals surface area contributed by atoms with Gasteiger partial charge in [0.25, 0.3) is 5.91 Å². The molecule has 1 heterocycles. The summed E-state index contributed by atoms with van der Waals surface area (Å²) >= 11 is 0. The predicted octanol–water partition coefficient (Wildman–Crippen LogP) is 0.569. The second kappa shape index (κ2) is 5.83. The molecule has 0 aliphatic rings. The molecule has 0 aliphatic heterocycles. The number of amides is 1. The fraction of sp³-hybridized carbons (Fsp3) is 0.364. The first-order valence-corrected chi connectivity index (χ1v) is 5.18. The van der Waals surface area contributed by atoms with Gasteiger partial charge in [-0.05, 0) is 13.3 Å². The molecule has 2 N–H and O–H groups in total. The van der Waals surface area contributed by atoms with Crippen LogP contribution in [0.5, 0.6) is 0 Å². The van der Waals surface area contributed by atoms with Crippen LogP contribution in [0.3, 0.4) is 0 Å². The first kappa shape index (κ1) is 13.0. The fourth-order valence-corrected chi connectivity index (χ4v) is 1.27. The van der Waals surface area contributed by atoms with Gasteiger partial charge in [0.15, 0.2) is 0 Å². The van der Waals surface area contributed by atoms with E-state index in [1.54, 1.807) is 26.1 Å². The highest BCUT2D eigenvalue weighted by molar-refractivity contribution is 5.96. The fourth-order valence-electron chi connectivity index (χ4n) is 1.27. The summed E-state index contributed by atoms with van der Waals surface area (Å²) in [5, 5.41) is 15.2. The Kier molecular flexibility index (Phi) is 4.45. The van der Waals surface area contributed by atoms with Gasteiger partial charge in [-0.25, -0.2) is 4.79 Å². The van der Waals surface area contributed by atoms with Gasteiger partial charge in [0.2, 0.25) is 0 Å². The Bertz CT molecular complexity index is 437. The van der Waals surface area contributed by atoms with E-state index in [9.17, 15) is 9.59 Å². The Morgan fingerprint density at radius 3 is 2.82 bits per heavy atom. The Hall–Kier alpha value is -2.11. The van der Waals surface area contributed by atoms with Gasteiger partial charge in [-0.3, -0.25) is 9.48 Å². The number of rotatable bonds is 5. The molecule has 1 amide bonds. The van der Waals surface area contributed by atoms with Crippen molar-refractivity contribution in [3.05, 3.63) is 30.1 Å². The summed E-state index contributed by atoms with van der Waals surface area (Å²) in [5.74, 6) is -1.49. The van der Waals surface area contributed by atoms with Crippen LogP contribution < -0.4 is 5.32 Å². The number of nitrogens with zero attached hydrogens (tertiary/aromatic N) is 2. The van der Waals surface area contributed by atoms with Gasteiger partial charge in [0.1, 0.15) is 6.04 Å². The Morgan fingerprint density at radius 1 is 1.65 bits per heavy atom. The first-order valence-electron chi connectivity index (χ1n) is 5.18. The number of hydrogen-bond acceptors (Lipinski definition) is 3. The van der Waals surface area contributed by atoms with E-state index < -0.39 is 17.9 Å². The van der Waals surface area contributed by atoms with Gasteiger partial charge in [0.05, 0.1) is 11.8 Å². The van der Waals surface area contributed by atoms with Crippen LogP contribution >= 0.6 is 0 Å². The summed E-state index contributed by atoms with van der Waals surface area (Å²) in [6.45, 7) is 1.79. The largest absolute Gasteiger partial charge is 0.480 e. The third kappa shape index (κ3) is 3.75. The van der Waals surface area contributed by atoms with E-state index in [2.05, 4.69) is 10.4 Å². The number of aryl methyl sites for hydroxylation is 1. The number of carbonyl (C=O) groups is 2. The second-order valence-corrected chi connectivity index (χ2v) is 3.57. The van der Waals surface area contributed by atoms with Gasteiger partial charge >= 0.3 is 5.97 Å². The van der Waals surface area contributed by atoms with Crippen molar-refractivity contribution in [2.45, 2.75) is 19.4 Å². The summed E-state index contributed by atoms with van der Waals surface area (Å²) < 4.78 is 1.48. The van der Waals surface area contributed by atoms with Crippen molar-refractivity contribution in [3.8, 4) is 0 Å². The summed E-state index contributed by atoms with van der Waals surface area (Å²) in [4.78, 5) is 22.6. The number of carboxylic acid groups (broad SMARTS) is 1. The second-order valence-electron chi connectivity index (χ2n) is 3.57. The Labute approximate surface area is 98.9 Å². The normalized spacial score (nSPS) is 12.6. The number of carbonyl (C=O) groups excluding carboxylic acids is 1. The van der Waals surface area contributed by atoms with Crippen molar-refractivity contribution in [1.29, 1.82) is 0 Å². The lowest BCUT2D eigenvalue weighted by molar-refractivity contribution is -0.139. The van der Waals surface area contributed by atoms with E-state index in [1.165, 1.54) is 17.1 Å². The highest BCUT2D eigenvalue weighted by Gasteiger charge is 2.19. The van der Waals surface area contributed by atoms with Crippen LogP contribution in [0.4, 0.5) is 0 Å². The van der Waals surface area contributed by atoms with E-state index in [1.807, 2.05) is 0 Å². The SMILES string of the molecule is C/C=C/CC(NC(=O)c1cnn(C)c1)C(=O)O. The molecule has 1 atom stereocenters. The molecular formula is C11H15N3O3. The molecule has 0 fully saturated rings. The van der Waals surface area contributed by atoms with Crippen LogP contribution in [-0.2, 0) is 11.8 Å². The molecule has 1 rings (SSSR count).